The molecule has 0 atom stereocenters. The summed E-state index contributed by atoms with van der Waals surface area (Å²) in [6.07, 6.45) is 0. The molecule has 0 aliphatic carbocycles. The lowest BCUT2D eigenvalue weighted by atomic mass is 10.3. The number of benzene rings is 1. The fourth-order valence-corrected chi connectivity index (χ4v) is 1.16. The lowest BCUT2D eigenvalue weighted by molar-refractivity contribution is 0.132. The summed E-state index contributed by atoms with van der Waals surface area (Å²) < 4.78 is 20.9. The van der Waals surface area contributed by atoms with Gasteiger partial charge in [-0.05, 0) is 12.1 Å². The standard InChI is InChI=1S/C12H18O4.C2H6/c1-13-7-9-15-11-5-3-4-6-12(11)16-10-8-14-2;1-2/h3-6H,7-10H2,1-2H3;1-2H3. The van der Waals surface area contributed by atoms with E-state index in [1.165, 1.54) is 0 Å². The van der Waals surface area contributed by atoms with Crippen LogP contribution >= 0.6 is 0 Å². The molecular formula is C14H24O4. The summed E-state index contributed by atoms with van der Waals surface area (Å²) in [5.41, 5.74) is 0. The third kappa shape index (κ3) is 7.14. The van der Waals surface area contributed by atoms with Crippen LogP contribution in [0.25, 0.3) is 0 Å². The van der Waals surface area contributed by atoms with Gasteiger partial charge in [0, 0.05) is 14.2 Å². The van der Waals surface area contributed by atoms with E-state index in [0.29, 0.717) is 26.4 Å². The van der Waals surface area contributed by atoms with E-state index < -0.39 is 0 Å². The molecule has 0 aromatic heterocycles. The van der Waals surface area contributed by atoms with Gasteiger partial charge in [0.1, 0.15) is 13.2 Å². The topological polar surface area (TPSA) is 36.9 Å². The van der Waals surface area contributed by atoms with Crippen molar-refractivity contribution >= 4 is 0 Å². The lowest BCUT2D eigenvalue weighted by Gasteiger charge is -2.11. The molecule has 0 radical (unpaired) electrons. The highest BCUT2D eigenvalue weighted by Crippen LogP contribution is 2.26. The maximum Gasteiger partial charge on any atom is 0.161 e. The molecule has 104 valence electrons. The number of methoxy groups -OCH3 is 2. The molecule has 0 saturated carbocycles. The zero-order valence-electron chi connectivity index (χ0n) is 11.8. The van der Waals surface area contributed by atoms with Gasteiger partial charge >= 0.3 is 0 Å². The van der Waals surface area contributed by atoms with Crippen LogP contribution in [0.15, 0.2) is 24.3 Å². The number of ether oxygens (including phenoxy) is 4. The fraction of sp³-hybridized carbons (Fsp3) is 0.571. The smallest absolute Gasteiger partial charge is 0.161 e. The average molecular weight is 256 g/mol. The van der Waals surface area contributed by atoms with E-state index in [2.05, 4.69) is 0 Å². The molecule has 0 aliphatic rings. The van der Waals surface area contributed by atoms with Gasteiger partial charge in [-0.2, -0.15) is 0 Å². The molecule has 0 amide bonds. The van der Waals surface area contributed by atoms with Crippen LogP contribution in [0.2, 0.25) is 0 Å². The van der Waals surface area contributed by atoms with Gasteiger partial charge < -0.3 is 18.9 Å². The van der Waals surface area contributed by atoms with Crippen LogP contribution in [0.5, 0.6) is 11.5 Å². The van der Waals surface area contributed by atoms with Crippen molar-refractivity contribution in [2.24, 2.45) is 0 Å². The van der Waals surface area contributed by atoms with E-state index >= 15 is 0 Å². The molecule has 1 aromatic carbocycles. The number of hydrogen-bond donors (Lipinski definition) is 0. The summed E-state index contributed by atoms with van der Waals surface area (Å²) in [6, 6.07) is 7.56. The SMILES string of the molecule is CC.COCCOc1ccccc1OCCOC. The van der Waals surface area contributed by atoms with Crippen molar-refractivity contribution < 1.29 is 18.9 Å². The summed E-state index contributed by atoms with van der Waals surface area (Å²) in [7, 11) is 3.29. The molecule has 18 heavy (non-hydrogen) atoms. The summed E-state index contributed by atoms with van der Waals surface area (Å²) >= 11 is 0. The monoisotopic (exact) mass is 256 g/mol. The van der Waals surface area contributed by atoms with Gasteiger partial charge in [-0.25, -0.2) is 0 Å². The average Bonchev–Trinajstić information content (AvgIpc) is 2.43. The molecule has 0 heterocycles. The Morgan fingerprint density at radius 2 is 1.11 bits per heavy atom. The molecule has 1 aromatic rings. The van der Waals surface area contributed by atoms with Gasteiger partial charge in [-0.15, -0.1) is 0 Å². The fourth-order valence-electron chi connectivity index (χ4n) is 1.16. The highest BCUT2D eigenvalue weighted by molar-refractivity contribution is 5.39. The molecule has 0 spiro atoms. The molecule has 0 N–H and O–H groups in total. The van der Waals surface area contributed by atoms with Crippen LogP contribution in [0.3, 0.4) is 0 Å². The van der Waals surface area contributed by atoms with Crippen LogP contribution in [0.1, 0.15) is 13.8 Å². The minimum Gasteiger partial charge on any atom is -0.487 e. The predicted octanol–water partition coefficient (Wildman–Crippen LogP) is 2.76. The molecule has 0 fully saturated rings. The molecular weight excluding hydrogens is 232 g/mol. The van der Waals surface area contributed by atoms with Crippen LogP contribution in [-0.2, 0) is 9.47 Å². The summed E-state index contributed by atoms with van der Waals surface area (Å²) in [5, 5.41) is 0. The van der Waals surface area contributed by atoms with Crippen LogP contribution in [0.4, 0.5) is 0 Å². The first kappa shape index (κ1) is 16.7. The summed E-state index contributed by atoms with van der Waals surface area (Å²) in [5.74, 6) is 1.46. The molecule has 4 nitrogen and oxygen atoms in total. The normalized spacial score (nSPS) is 9.33. The van der Waals surface area contributed by atoms with Gasteiger partial charge in [-0.3, -0.25) is 0 Å². The maximum atomic E-state index is 5.52. The maximum absolute atomic E-state index is 5.52. The van der Waals surface area contributed by atoms with Crippen LogP contribution in [-0.4, -0.2) is 40.6 Å². The van der Waals surface area contributed by atoms with E-state index in [9.17, 15) is 0 Å². The molecule has 0 unspecified atom stereocenters. The third-order valence-electron chi connectivity index (χ3n) is 1.94. The first-order chi connectivity index (χ1) is 8.88. The number of para-hydroxylation sites is 2. The summed E-state index contributed by atoms with van der Waals surface area (Å²) in [6.45, 7) is 6.15. The van der Waals surface area contributed by atoms with Gasteiger partial charge in [0.25, 0.3) is 0 Å². The molecule has 0 aliphatic heterocycles. The second kappa shape index (κ2) is 12.2. The van der Waals surface area contributed by atoms with Gasteiger partial charge in [-0.1, -0.05) is 26.0 Å². The number of rotatable bonds is 8. The minimum absolute atomic E-state index is 0.515. The van der Waals surface area contributed by atoms with Gasteiger partial charge in [0.2, 0.25) is 0 Å². The van der Waals surface area contributed by atoms with Crippen molar-refractivity contribution in [1.82, 2.24) is 0 Å². The highest BCUT2D eigenvalue weighted by atomic mass is 16.5. The molecule has 0 bridgehead atoms. The number of hydrogen-bond acceptors (Lipinski definition) is 4. The quantitative estimate of drug-likeness (QED) is 0.670. The van der Waals surface area contributed by atoms with Gasteiger partial charge in [0.15, 0.2) is 11.5 Å². The van der Waals surface area contributed by atoms with E-state index in [4.69, 9.17) is 18.9 Å². The zero-order valence-corrected chi connectivity index (χ0v) is 11.8. The van der Waals surface area contributed by atoms with E-state index in [-0.39, 0.29) is 0 Å². The second-order valence-corrected chi connectivity index (χ2v) is 3.13. The molecule has 1 rings (SSSR count). The highest BCUT2D eigenvalue weighted by Gasteiger charge is 2.03. The van der Waals surface area contributed by atoms with E-state index in [0.717, 1.165) is 11.5 Å². The van der Waals surface area contributed by atoms with E-state index in [1.54, 1.807) is 14.2 Å². The Kier molecular flexibility index (Phi) is 11.3. The predicted molar refractivity (Wildman–Crippen MR) is 72.5 cm³/mol. The van der Waals surface area contributed by atoms with Crippen molar-refractivity contribution in [2.45, 2.75) is 13.8 Å². The largest absolute Gasteiger partial charge is 0.487 e. The van der Waals surface area contributed by atoms with Crippen LogP contribution < -0.4 is 9.47 Å². The Bertz CT molecular complexity index is 260. The van der Waals surface area contributed by atoms with Crippen molar-refractivity contribution in [2.75, 3.05) is 40.6 Å². The van der Waals surface area contributed by atoms with Crippen molar-refractivity contribution in [3.63, 3.8) is 0 Å². The van der Waals surface area contributed by atoms with Crippen molar-refractivity contribution in [3.05, 3.63) is 24.3 Å². The Labute approximate surface area is 110 Å². The van der Waals surface area contributed by atoms with Gasteiger partial charge in [0.05, 0.1) is 13.2 Å². The Morgan fingerprint density at radius 3 is 1.44 bits per heavy atom. The Balaban J connectivity index is 0.00000137. The molecule has 0 saturated heterocycles. The lowest BCUT2D eigenvalue weighted by Crippen LogP contribution is -2.08. The van der Waals surface area contributed by atoms with Crippen molar-refractivity contribution in [3.8, 4) is 11.5 Å². The van der Waals surface area contributed by atoms with Crippen LogP contribution in [0, 0.1) is 0 Å². The summed E-state index contributed by atoms with van der Waals surface area (Å²) in [4.78, 5) is 0. The minimum atomic E-state index is 0.515. The van der Waals surface area contributed by atoms with E-state index in [1.807, 2.05) is 38.1 Å². The Morgan fingerprint density at radius 1 is 0.722 bits per heavy atom. The zero-order chi connectivity index (χ0) is 13.6. The molecule has 4 heteroatoms. The first-order valence-electron chi connectivity index (χ1n) is 6.21. The third-order valence-corrected chi connectivity index (χ3v) is 1.94. The Hall–Kier alpha value is -1.26. The van der Waals surface area contributed by atoms with Crippen molar-refractivity contribution in [1.29, 1.82) is 0 Å². The first-order valence-corrected chi connectivity index (χ1v) is 6.21. The second-order valence-electron chi connectivity index (χ2n) is 3.13.